The van der Waals surface area contributed by atoms with Gasteiger partial charge >= 0.3 is 0 Å². The smallest absolute Gasteiger partial charge is 0.115 e. The van der Waals surface area contributed by atoms with Gasteiger partial charge in [-0.2, -0.15) is 0 Å². The Labute approximate surface area is 91.4 Å². The highest BCUT2D eigenvalue weighted by Gasteiger charge is 1.99. The van der Waals surface area contributed by atoms with Gasteiger partial charge in [-0.05, 0) is 18.9 Å². The summed E-state index contributed by atoms with van der Waals surface area (Å²) in [6.45, 7) is 5.01. The fraction of sp³-hybridized carbons (Fsp3) is 0.417. The fourth-order valence-electron chi connectivity index (χ4n) is 1.41. The number of hydrogen-bond acceptors (Lipinski definition) is 2. The number of nitrogens with two attached hydrogens (primary N) is 1. The van der Waals surface area contributed by atoms with Gasteiger partial charge in [0.05, 0.1) is 0 Å². The number of benzene rings is 1. The second-order valence-electron chi connectivity index (χ2n) is 3.64. The van der Waals surface area contributed by atoms with Crippen LogP contribution >= 0.6 is 0 Å². The van der Waals surface area contributed by atoms with Crippen molar-refractivity contribution in [2.24, 2.45) is 10.8 Å². The van der Waals surface area contributed by atoms with Gasteiger partial charge < -0.3 is 5.43 Å². The van der Waals surface area contributed by atoms with Crippen LogP contribution in [0.2, 0.25) is 0 Å². The Morgan fingerprint density at radius 3 is 2.87 bits per heavy atom. The summed E-state index contributed by atoms with van der Waals surface area (Å²) in [6, 6.07) is 8.38. The first-order valence-electron chi connectivity index (χ1n) is 5.31. The van der Waals surface area contributed by atoms with Gasteiger partial charge in [0.1, 0.15) is 5.84 Å². The van der Waals surface area contributed by atoms with Gasteiger partial charge in [-0.3, -0.25) is 4.99 Å². The van der Waals surface area contributed by atoms with Crippen molar-refractivity contribution < 1.29 is 0 Å². The van der Waals surface area contributed by atoms with Gasteiger partial charge in [0, 0.05) is 13.0 Å². The topological polar surface area (TPSA) is 50.4 Å². The van der Waals surface area contributed by atoms with Crippen LogP contribution in [0.4, 0.5) is 0 Å². The lowest BCUT2D eigenvalue weighted by molar-refractivity contribution is 0.893. The molecule has 0 aliphatic heterocycles. The lowest BCUT2D eigenvalue weighted by atomic mass is 10.1. The Morgan fingerprint density at radius 1 is 1.47 bits per heavy atom. The molecule has 82 valence electrons. The van der Waals surface area contributed by atoms with Crippen molar-refractivity contribution in [3.05, 3.63) is 35.4 Å². The van der Waals surface area contributed by atoms with Crippen LogP contribution in [0.3, 0.4) is 0 Å². The van der Waals surface area contributed by atoms with E-state index in [2.05, 4.69) is 48.5 Å². The van der Waals surface area contributed by atoms with Crippen molar-refractivity contribution in [2.75, 3.05) is 6.54 Å². The van der Waals surface area contributed by atoms with Crippen LogP contribution in [0.1, 0.15) is 24.5 Å². The summed E-state index contributed by atoms with van der Waals surface area (Å²) in [7, 11) is 0. The third-order valence-electron chi connectivity index (χ3n) is 2.15. The molecular formula is C12H19N3. The van der Waals surface area contributed by atoms with Crippen molar-refractivity contribution >= 4 is 5.84 Å². The van der Waals surface area contributed by atoms with E-state index in [1.807, 2.05) is 0 Å². The molecule has 3 N–H and O–H groups in total. The molecule has 3 nitrogen and oxygen atoms in total. The lowest BCUT2D eigenvalue weighted by Gasteiger charge is -2.06. The van der Waals surface area contributed by atoms with E-state index in [0.717, 1.165) is 25.2 Å². The lowest BCUT2D eigenvalue weighted by Crippen LogP contribution is -2.32. The van der Waals surface area contributed by atoms with E-state index in [0.29, 0.717) is 0 Å². The van der Waals surface area contributed by atoms with Crippen molar-refractivity contribution in [2.45, 2.75) is 26.7 Å². The van der Waals surface area contributed by atoms with Crippen molar-refractivity contribution in [1.29, 1.82) is 0 Å². The van der Waals surface area contributed by atoms with E-state index in [1.54, 1.807) is 0 Å². The fourth-order valence-corrected chi connectivity index (χ4v) is 1.41. The molecule has 1 rings (SSSR count). The normalized spacial score (nSPS) is 11.5. The molecule has 0 aromatic heterocycles. The summed E-state index contributed by atoms with van der Waals surface area (Å²) in [5, 5.41) is 0. The van der Waals surface area contributed by atoms with Gasteiger partial charge in [-0.25, -0.2) is 5.84 Å². The predicted molar refractivity (Wildman–Crippen MR) is 64.8 cm³/mol. The first-order chi connectivity index (χ1) is 7.26. The molecule has 0 saturated heterocycles. The molecule has 0 aliphatic rings. The first-order valence-corrected chi connectivity index (χ1v) is 5.31. The molecule has 0 atom stereocenters. The molecule has 0 aliphatic carbocycles. The minimum atomic E-state index is 0.776. The number of hydrogen-bond donors (Lipinski definition) is 2. The molecule has 3 heteroatoms. The second kappa shape index (κ2) is 6.19. The minimum absolute atomic E-state index is 0.776. The maximum atomic E-state index is 5.42. The van der Waals surface area contributed by atoms with Gasteiger partial charge in [0.15, 0.2) is 0 Å². The van der Waals surface area contributed by atoms with Crippen LogP contribution in [0, 0.1) is 6.92 Å². The average Bonchev–Trinajstić information content (AvgIpc) is 2.24. The van der Waals surface area contributed by atoms with Crippen LogP contribution in [-0.2, 0) is 6.42 Å². The van der Waals surface area contributed by atoms with Crippen molar-refractivity contribution in [3.8, 4) is 0 Å². The Kier molecular flexibility index (Phi) is 4.84. The maximum absolute atomic E-state index is 5.42. The summed E-state index contributed by atoms with van der Waals surface area (Å²) in [6.07, 6.45) is 1.82. The monoisotopic (exact) mass is 205 g/mol. The highest BCUT2D eigenvalue weighted by molar-refractivity contribution is 5.83. The molecule has 0 radical (unpaired) electrons. The Balaban J connectivity index is 2.66. The van der Waals surface area contributed by atoms with E-state index < -0.39 is 0 Å². The van der Waals surface area contributed by atoms with Crippen LogP contribution in [-0.4, -0.2) is 12.4 Å². The summed E-state index contributed by atoms with van der Waals surface area (Å²) >= 11 is 0. The molecule has 0 fully saturated rings. The van der Waals surface area contributed by atoms with Gasteiger partial charge in [0.2, 0.25) is 0 Å². The predicted octanol–water partition coefficient (Wildman–Crippen LogP) is 1.81. The third-order valence-corrected chi connectivity index (χ3v) is 2.15. The second-order valence-corrected chi connectivity index (χ2v) is 3.64. The Bertz CT molecular complexity index is 331. The van der Waals surface area contributed by atoms with Crippen molar-refractivity contribution in [1.82, 2.24) is 5.43 Å². The number of aryl methyl sites for hydroxylation is 1. The zero-order chi connectivity index (χ0) is 11.1. The van der Waals surface area contributed by atoms with E-state index in [4.69, 9.17) is 5.84 Å². The SMILES string of the molecule is CCCN=C(Cc1cccc(C)c1)NN. The molecule has 0 amide bonds. The Hall–Kier alpha value is -1.35. The number of nitrogens with one attached hydrogen (secondary N) is 1. The molecule has 0 saturated carbocycles. The zero-order valence-electron chi connectivity index (χ0n) is 9.46. The molecule has 0 spiro atoms. The third kappa shape index (κ3) is 4.13. The van der Waals surface area contributed by atoms with Crippen LogP contribution < -0.4 is 11.3 Å². The standard InChI is InChI=1S/C12H19N3/c1-3-7-14-12(15-13)9-11-6-4-5-10(2)8-11/h4-6,8H,3,7,9,13H2,1-2H3,(H,14,15). The molecule has 15 heavy (non-hydrogen) atoms. The average molecular weight is 205 g/mol. The largest absolute Gasteiger partial charge is 0.312 e. The van der Waals surface area contributed by atoms with Gasteiger partial charge in [-0.1, -0.05) is 36.8 Å². The highest BCUT2D eigenvalue weighted by atomic mass is 15.2. The highest BCUT2D eigenvalue weighted by Crippen LogP contribution is 2.04. The van der Waals surface area contributed by atoms with E-state index >= 15 is 0 Å². The maximum Gasteiger partial charge on any atom is 0.115 e. The molecule has 1 aromatic rings. The van der Waals surface area contributed by atoms with Crippen molar-refractivity contribution in [3.63, 3.8) is 0 Å². The summed E-state index contributed by atoms with van der Waals surface area (Å²) < 4.78 is 0. The first kappa shape index (κ1) is 11.7. The Morgan fingerprint density at radius 2 is 2.27 bits per heavy atom. The van der Waals surface area contributed by atoms with Gasteiger partial charge in [0.25, 0.3) is 0 Å². The van der Waals surface area contributed by atoms with E-state index in [9.17, 15) is 0 Å². The molecule has 0 heterocycles. The van der Waals surface area contributed by atoms with E-state index in [1.165, 1.54) is 11.1 Å². The number of rotatable bonds is 4. The summed E-state index contributed by atoms with van der Waals surface area (Å²) in [5.41, 5.74) is 5.16. The molecule has 0 bridgehead atoms. The molecule has 1 aromatic carbocycles. The number of aliphatic imine (C=N–C) groups is 1. The number of hydrazine groups is 1. The summed E-state index contributed by atoms with van der Waals surface area (Å²) in [5.74, 6) is 6.27. The van der Waals surface area contributed by atoms with Crippen LogP contribution in [0.5, 0.6) is 0 Å². The quantitative estimate of drug-likeness (QED) is 0.341. The van der Waals surface area contributed by atoms with Crippen LogP contribution in [0.15, 0.2) is 29.3 Å². The molecular weight excluding hydrogens is 186 g/mol. The number of nitrogens with zero attached hydrogens (tertiary/aromatic N) is 1. The van der Waals surface area contributed by atoms with Crippen LogP contribution in [0.25, 0.3) is 0 Å². The minimum Gasteiger partial charge on any atom is -0.312 e. The number of amidine groups is 1. The summed E-state index contributed by atoms with van der Waals surface area (Å²) in [4.78, 5) is 4.37. The van der Waals surface area contributed by atoms with E-state index in [-0.39, 0.29) is 0 Å². The zero-order valence-corrected chi connectivity index (χ0v) is 9.46. The molecule has 0 unspecified atom stereocenters. The van der Waals surface area contributed by atoms with Gasteiger partial charge in [-0.15, -0.1) is 0 Å².